The van der Waals surface area contributed by atoms with Gasteiger partial charge in [0.2, 0.25) is 0 Å². The van der Waals surface area contributed by atoms with E-state index in [1.807, 2.05) is 0 Å². The molecule has 1 amide bonds. The summed E-state index contributed by atoms with van der Waals surface area (Å²) in [4.78, 5) is 21.5. The van der Waals surface area contributed by atoms with Gasteiger partial charge in [-0.05, 0) is 12.8 Å². The molecule has 0 spiro atoms. The van der Waals surface area contributed by atoms with E-state index in [-0.39, 0.29) is 13.0 Å². The van der Waals surface area contributed by atoms with Crippen molar-refractivity contribution in [2.24, 2.45) is 0 Å². The molecular weight excluding hydrogens is 240 g/mol. The van der Waals surface area contributed by atoms with E-state index in [0.717, 1.165) is 11.4 Å². The Morgan fingerprint density at radius 2 is 2.12 bits per heavy atom. The van der Waals surface area contributed by atoms with Crippen LogP contribution in [0.3, 0.4) is 0 Å². The van der Waals surface area contributed by atoms with Gasteiger partial charge in [0, 0.05) is 6.54 Å². The van der Waals surface area contributed by atoms with Gasteiger partial charge in [0.15, 0.2) is 0 Å². The molecule has 0 saturated carbocycles. The molecule has 8 nitrogen and oxygen atoms in total. The quantitative estimate of drug-likeness (QED) is 0.675. The maximum absolute atomic E-state index is 11.6. The van der Waals surface area contributed by atoms with Gasteiger partial charge in [0.1, 0.15) is 6.04 Å². The van der Waals surface area contributed by atoms with Crippen molar-refractivity contribution in [2.75, 3.05) is 13.7 Å². The molecule has 9 heteroatoms. The van der Waals surface area contributed by atoms with E-state index in [0.29, 0.717) is 6.42 Å². The lowest BCUT2D eigenvalue weighted by Crippen LogP contribution is -2.48. The van der Waals surface area contributed by atoms with E-state index < -0.39 is 28.3 Å². The van der Waals surface area contributed by atoms with Crippen molar-refractivity contribution in [1.29, 1.82) is 0 Å². The van der Waals surface area contributed by atoms with Crippen LogP contribution in [0.15, 0.2) is 0 Å². The van der Waals surface area contributed by atoms with Crippen LogP contribution in [0.25, 0.3) is 0 Å². The zero-order valence-corrected chi connectivity index (χ0v) is 9.36. The van der Waals surface area contributed by atoms with Crippen LogP contribution in [0.5, 0.6) is 0 Å². The van der Waals surface area contributed by atoms with Crippen LogP contribution in [0.1, 0.15) is 12.8 Å². The summed E-state index contributed by atoms with van der Waals surface area (Å²) in [6.45, 7) is 0.0727. The minimum Gasteiger partial charge on any atom is -0.480 e. The number of methoxy groups -OCH3 is 1. The molecule has 0 unspecified atom stereocenters. The molecule has 1 fully saturated rings. The number of carboxylic acids is 1. The van der Waals surface area contributed by atoms with Gasteiger partial charge in [-0.2, -0.15) is 12.7 Å². The molecule has 1 aliphatic heterocycles. The third-order valence-corrected chi connectivity index (χ3v) is 3.67. The first-order valence-corrected chi connectivity index (χ1v) is 5.93. The second-order valence-corrected chi connectivity index (χ2v) is 4.83. The van der Waals surface area contributed by atoms with Crippen LogP contribution in [-0.4, -0.2) is 49.6 Å². The number of amides is 1. The smallest absolute Gasteiger partial charge is 0.421 e. The summed E-state index contributed by atoms with van der Waals surface area (Å²) in [6.07, 6.45) is -0.466. The number of hydrogen-bond donors (Lipinski definition) is 2. The summed E-state index contributed by atoms with van der Waals surface area (Å²) < 4.78 is 29.6. The Morgan fingerprint density at radius 1 is 1.50 bits per heavy atom. The van der Waals surface area contributed by atoms with Crippen LogP contribution in [-0.2, 0) is 19.7 Å². The number of nitrogens with zero attached hydrogens (tertiary/aromatic N) is 1. The van der Waals surface area contributed by atoms with Crippen LogP contribution in [0.2, 0.25) is 0 Å². The lowest BCUT2D eigenvalue weighted by Gasteiger charge is -2.20. The third-order valence-electron chi connectivity index (χ3n) is 2.20. The van der Waals surface area contributed by atoms with Gasteiger partial charge in [-0.15, -0.1) is 0 Å². The van der Waals surface area contributed by atoms with Gasteiger partial charge in [0.25, 0.3) is 0 Å². The number of aliphatic carboxylic acids is 1. The van der Waals surface area contributed by atoms with E-state index in [2.05, 4.69) is 4.74 Å². The van der Waals surface area contributed by atoms with Crippen molar-refractivity contribution < 1.29 is 27.9 Å². The van der Waals surface area contributed by atoms with E-state index >= 15 is 0 Å². The molecule has 1 aliphatic rings. The SMILES string of the molecule is COC(=O)NS(=O)(=O)N1CCC[C@H]1C(=O)O. The number of ether oxygens (including phenoxy) is 1. The Morgan fingerprint density at radius 3 is 2.62 bits per heavy atom. The highest BCUT2D eigenvalue weighted by molar-refractivity contribution is 7.87. The topological polar surface area (TPSA) is 113 Å². The van der Waals surface area contributed by atoms with Crippen molar-refractivity contribution in [3.8, 4) is 0 Å². The first-order chi connectivity index (χ1) is 7.38. The Balaban J connectivity index is 2.83. The van der Waals surface area contributed by atoms with Gasteiger partial charge in [-0.1, -0.05) is 0 Å². The third kappa shape index (κ3) is 2.61. The van der Waals surface area contributed by atoms with E-state index in [1.165, 1.54) is 0 Å². The first kappa shape index (κ1) is 12.7. The number of hydrogen-bond acceptors (Lipinski definition) is 5. The number of carbonyl (C=O) groups excluding carboxylic acids is 1. The highest BCUT2D eigenvalue weighted by atomic mass is 32.2. The number of carboxylic acid groups (broad SMARTS) is 1. The second kappa shape index (κ2) is 4.66. The maximum atomic E-state index is 11.6. The summed E-state index contributed by atoms with van der Waals surface area (Å²) in [6, 6.07) is -1.12. The fourth-order valence-corrected chi connectivity index (χ4v) is 2.79. The fraction of sp³-hybridized carbons (Fsp3) is 0.714. The van der Waals surface area contributed by atoms with Gasteiger partial charge >= 0.3 is 22.3 Å². The van der Waals surface area contributed by atoms with Crippen molar-refractivity contribution in [2.45, 2.75) is 18.9 Å². The Kier molecular flexibility index (Phi) is 3.70. The Labute approximate surface area is 92.4 Å². The Bertz CT molecular complexity index is 392. The van der Waals surface area contributed by atoms with Gasteiger partial charge < -0.3 is 9.84 Å². The molecular formula is C7H12N2O6S. The molecule has 0 bridgehead atoms. The maximum Gasteiger partial charge on any atom is 0.421 e. The van der Waals surface area contributed by atoms with E-state index in [9.17, 15) is 18.0 Å². The second-order valence-electron chi connectivity index (χ2n) is 3.21. The number of rotatable bonds is 3. The van der Waals surface area contributed by atoms with Gasteiger partial charge in [-0.25, -0.2) is 9.52 Å². The predicted molar refractivity (Wildman–Crippen MR) is 51.8 cm³/mol. The molecule has 92 valence electrons. The summed E-state index contributed by atoms with van der Waals surface area (Å²) >= 11 is 0. The van der Waals surface area contributed by atoms with E-state index in [1.54, 1.807) is 4.72 Å². The van der Waals surface area contributed by atoms with Crippen molar-refractivity contribution >= 4 is 22.3 Å². The summed E-state index contributed by atoms with van der Waals surface area (Å²) in [5.74, 6) is -1.23. The molecule has 2 N–H and O–H groups in total. The highest BCUT2D eigenvalue weighted by Crippen LogP contribution is 2.20. The Hall–Kier alpha value is -1.35. The molecule has 1 saturated heterocycles. The highest BCUT2D eigenvalue weighted by Gasteiger charge is 2.39. The monoisotopic (exact) mass is 252 g/mol. The molecule has 0 aromatic heterocycles. The fourth-order valence-electron chi connectivity index (χ4n) is 1.48. The zero-order chi connectivity index (χ0) is 12.3. The number of nitrogens with one attached hydrogen (secondary N) is 1. The summed E-state index contributed by atoms with van der Waals surface area (Å²) in [5.41, 5.74) is 0. The lowest BCUT2D eigenvalue weighted by atomic mass is 10.2. The van der Waals surface area contributed by atoms with Gasteiger partial charge in [0.05, 0.1) is 7.11 Å². The van der Waals surface area contributed by atoms with Crippen LogP contribution in [0, 0.1) is 0 Å². The average Bonchev–Trinajstić information content (AvgIpc) is 2.65. The molecule has 0 aromatic carbocycles. The molecule has 16 heavy (non-hydrogen) atoms. The summed E-state index contributed by atoms with van der Waals surface area (Å²) in [7, 11) is -3.12. The molecule has 1 heterocycles. The van der Waals surface area contributed by atoms with E-state index in [4.69, 9.17) is 5.11 Å². The molecule has 1 atom stereocenters. The van der Waals surface area contributed by atoms with Crippen molar-refractivity contribution in [3.05, 3.63) is 0 Å². The summed E-state index contributed by atoms with van der Waals surface area (Å²) in [5, 5.41) is 8.79. The predicted octanol–water partition coefficient (Wildman–Crippen LogP) is -0.864. The van der Waals surface area contributed by atoms with Crippen molar-refractivity contribution in [1.82, 2.24) is 9.03 Å². The minimum absolute atomic E-state index is 0.0727. The van der Waals surface area contributed by atoms with Crippen LogP contribution >= 0.6 is 0 Å². The molecule has 0 aliphatic carbocycles. The standard InChI is InChI=1S/C7H12N2O6S/c1-15-7(12)8-16(13,14)9-4-2-3-5(9)6(10)11/h5H,2-4H2,1H3,(H,8,12)(H,10,11)/t5-/m0/s1. The van der Waals surface area contributed by atoms with Crippen LogP contribution < -0.4 is 4.72 Å². The molecule has 0 aromatic rings. The zero-order valence-electron chi connectivity index (χ0n) is 8.54. The number of carbonyl (C=O) groups is 2. The first-order valence-electron chi connectivity index (χ1n) is 4.49. The van der Waals surface area contributed by atoms with Crippen molar-refractivity contribution in [3.63, 3.8) is 0 Å². The van der Waals surface area contributed by atoms with Crippen LogP contribution in [0.4, 0.5) is 4.79 Å². The lowest BCUT2D eigenvalue weighted by molar-refractivity contribution is -0.140. The minimum atomic E-state index is -4.14. The average molecular weight is 252 g/mol. The molecule has 1 rings (SSSR count). The van der Waals surface area contributed by atoms with Gasteiger partial charge in [-0.3, -0.25) is 4.79 Å². The normalized spacial score (nSPS) is 21.7. The molecule has 0 radical (unpaired) electrons. The largest absolute Gasteiger partial charge is 0.480 e.